The molecule has 6 nitrogen and oxygen atoms in total. The lowest BCUT2D eigenvalue weighted by Gasteiger charge is -2.18. The van der Waals surface area contributed by atoms with E-state index in [9.17, 15) is 14.4 Å². The molecule has 0 N–H and O–H groups in total. The van der Waals surface area contributed by atoms with Crippen LogP contribution >= 0.6 is 0 Å². The third-order valence-corrected chi connectivity index (χ3v) is 11.9. The smallest absolute Gasteiger partial charge is 0.306 e. The first kappa shape index (κ1) is 63.6. The summed E-state index contributed by atoms with van der Waals surface area (Å²) in [4.78, 5) is 38.1. The van der Waals surface area contributed by atoms with Crippen molar-refractivity contribution < 1.29 is 28.6 Å². The van der Waals surface area contributed by atoms with Gasteiger partial charge < -0.3 is 14.2 Å². The van der Waals surface area contributed by atoms with Crippen LogP contribution in [0.25, 0.3) is 0 Å². The number of carbonyl (C=O) groups excluding carboxylic acids is 3. The van der Waals surface area contributed by atoms with E-state index in [0.29, 0.717) is 19.3 Å². The number of allylic oxidation sites excluding steroid dienone is 14. The lowest BCUT2D eigenvalue weighted by Crippen LogP contribution is -2.30. The van der Waals surface area contributed by atoms with E-state index in [-0.39, 0.29) is 31.1 Å². The van der Waals surface area contributed by atoms with Crippen molar-refractivity contribution in [2.24, 2.45) is 0 Å². The molecule has 0 bridgehead atoms. The Kier molecular flexibility index (Phi) is 52.4. The van der Waals surface area contributed by atoms with Gasteiger partial charge in [-0.25, -0.2) is 0 Å². The van der Waals surface area contributed by atoms with Gasteiger partial charge in [-0.1, -0.05) is 241 Å². The van der Waals surface area contributed by atoms with Crippen LogP contribution in [0.1, 0.15) is 265 Å². The monoisotopic (exact) mass is 933 g/mol. The topological polar surface area (TPSA) is 78.9 Å². The molecule has 0 aromatic rings. The molecule has 0 spiro atoms. The minimum Gasteiger partial charge on any atom is -0.462 e. The number of ether oxygens (including phenoxy) is 3. The van der Waals surface area contributed by atoms with Crippen LogP contribution in [-0.2, 0) is 28.6 Å². The van der Waals surface area contributed by atoms with Crippen LogP contribution in [0.15, 0.2) is 85.1 Å². The fourth-order valence-corrected chi connectivity index (χ4v) is 7.74. The van der Waals surface area contributed by atoms with Gasteiger partial charge >= 0.3 is 17.9 Å². The van der Waals surface area contributed by atoms with E-state index in [1.54, 1.807) is 0 Å². The van der Waals surface area contributed by atoms with Crippen LogP contribution in [0, 0.1) is 0 Å². The summed E-state index contributed by atoms with van der Waals surface area (Å²) in [5.41, 5.74) is 0. The lowest BCUT2D eigenvalue weighted by atomic mass is 10.0. The zero-order valence-corrected chi connectivity index (χ0v) is 43.9. The molecule has 0 rings (SSSR count). The number of esters is 3. The van der Waals surface area contributed by atoms with Crippen LogP contribution < -0.4 is 0 Å². The van der Waals surface area contributed by atoms with Gasteiger partial charge in [0.15, 0.2) is 6.10 Å². The zero-order chi connectivity index (χ0) is 48.6. The molecule has 0 aromatic heterocycles. The summed E-state index contributed by atoms with van der Waals surface area (Å²) in [7, 11) is 0. The van der Waals surface area contributed by atoms with Crippen LogP contribution in [0.4, 0.5) is 0 Å². The Bertz CT molecular complexity index is 1300. The normalized spacial score (nSPS) is 12.7. The van der Waals surface area contributed by atoms with Crippen molar-refractivity contribution in [3.05, 3.63) is 85.1 Å². The Morgan fingerprint density at radius 1 is 0.313 bits per heavy atom. The number of rotatable bonds is 50. The zero-order valence-electron chi connectivity index (χ0n) is 43.9. The van der Waals surface area contributed by atoms with E-state index in [1.807, 2.05) is 0 Å². The molecule has 6 heteroatoms. The molecule has 1 atom stereocenters. The van der Waals surface area contributed by atoms with Gasteiger partial charge in [-0.2, -0.15) is 0 Å². The molecule has 0 radical (unpaired) electrons. The number of hydrogen-bond donors (Lipinski definition) is 0. The molecule has 0 saturated heterocycles. The highest BCUT2D eigenvalue weighted by molar-refractivity contribution is 5.71. The first-order chi connectivity index (χ1) is 33.0. The summed E-state index contributed by atoms with van der Waals surface area (Å²) in [6, 6.07) is 0. The van der Waals surface area contributed by atoms with Gasteiger partial charge in [-0.3, -0.25) is 14.4 Å². The Morgan fingerprint density at radius 2 is 0.582 bits per heavy atom. The molecule has 384 valence electrons. The Labute approximate surface area is 414 Å². The minimum atomic E-state index is -0.791. The van der Waals surface area contributed by atoms with Crippen LogP contribution in [0.5, 0.6) is 0 Å². The summed E-state index contributed by atoms with van der Waals surface area (Å²) in [5.74, 6) is -0.912. The Morgan fingerprint density at radius 3 is 0.910 bits per heavy atom. The second kappa shape index (κ2) is 55.2. The van der Waals surface area contributed by atoms with Crippen molar-refractivity contribution in [1.82, 2.24) is 0 Å². The first-order valence-electron chi connectivity index (χ1n) is 28.1. The average Bonchev–Trinajstić information content (AvgIpc) is 3.33. The summed E-state index contributed by atoms with van der Waals surface area (Å²) >= 11 is 0. The largest absolute Gasteiger partial charge is 0.462 e. The quantitative estimate of drug-likeness (QED) is 0.0262. The van der Waals surface area contributed by atoms with Crippen molar-refractivity contribution >= 4 is 17.9 Å². The highest BCUT2D eigenvalue weighted by Crippen LogP contribution is 2.15. The first-order valence-corrected chi connectivity index (χ1v) is 28.1. The molecule has 0 aliphatic heterocycles. The van der Waals surface area contributed by atoms with E-state index in [0.717, 1.165) is 128 Å². The molecule has 67 heavy (non-hydrogen) atoms. The maximum atomic E-state index is 12.8. The average molecular weight is 933 g/mol. The lowest BCUT2D eigenvalue weighted by molar-refractivity contribution is -0.167. The molecular weight excluding hydrogens is 829 g/mol. The summed E-state index contributed by atoms with van der Waals surface area (Å²) in [6.07, 6.45) is 71.4. The van der Waals surface area contributed by atoms with Gasteiger partial charge in [0.1, 0.15) is 13.2 Å². The predicted molar refractivity (Wildman–Crippen MR) is 288 cm³/mol. The highest BCUT2D eigenvalue weighted by atomic mass is 16.6. The van der Waals surface area contributed by atoms with Gasteiger partial charge in [-0.05, 0) is 89.9 Å². The molecule has 0 aliphatic carbocycles. The van der Waals surface area contributed by atoms with E-state index in [1.165, 1.54) is 96.3 Å². The third-order valence-electron chi connectivity index (χ3n) is 11.9. The van der Waals surface area contributed by atoms with Crippen molar-refractivity contribution in [3.63, 3.8) is 0 Å². The summed E-state index contributed by atoms with van der Waals surface area (Å²) in [5, 5.41) is 0. The van der Waals surface area contributed by atoms with Gasteiger partial charge in [0.25, 0.3) is 0 Å². The maximum Gasteiger partial charge on any atom is 0.306 e. The van der Waals surface area contributed by atoms with E-state index in [2.05, 4.69) is 106 Å². The fraction of sp³-hybridized carbons (Fsp3) is 0.721. The van der Waals surface area contributed by atoms with Crippen molar-refractivity contribution in [2.45, 2.75) is 271 Å². The Balaban J connectivity index is 4.42. The summed E-state index contributed by atoms with van der Waals surface area (Å²) in [6.45, 7) is 6.40. The standard InChI is InChI=1S/C61H104O6/c1-4-7-10-13-16-19-22-25-28-29-30-31-34-36-39-42-45-48-51-54-60(63)66-57-58(67-61(64)55-52-49-46-43-40-37-33-27-24-21-18-15-12-9-6-3)56-65-59(62)53-50-47-44-41-38-35-32-26-23-20-17-14-11-8-5-2/h7,9-10,12,16,18-19,21,25,27-28,30-31,33,58H,4-6,8,11,13-15,17,20,22-24,26,29,32,34-57H2,1-3H3/b10-7-,12-9-,19-16-,21-18-,28-25-,31-30-,33-27-. The fourth-order valence-electron chi connectivity index (χ4n) is 7.74. The van der Waals surface area contributed by atoms with Crippen LogP contribution in [0.3, 0.4) is 0 Å². The molecular formula is C61H104O6. The number of unbranched alkanes of at least 4 members (excludes halogenated alkanes) is 25. The van der Waals surface area contributed by atoms with E-state index in [4.69, 9.17) is 14.2 Å². The van der Waals surface area contributed by atoms with Crippen molar-refractivity contribution in [3.8, 4) is 0 Å². The molecule has 0 aliphatic rings. The van der Waals surface area contributed by atoms with Gasteiger partial charge in [0.05, 0.1) is 0 Å². The maximum absolute atomic E-state index is 12.8. The SMILES string of the molecule is CC/C=C\C/C=C\C/C=C\C/C=C\CCCCCCCCC(=O)OCC(COC(=O)CCCCCCCCCCCCCCCCC)OC(=O)CCCCCCC/C=C\C/C=C\C/C=C\CC. The van der Waals surface area contributed by atoms with Gasteiger partial charge in [0.2, 0.25) is 0 Å². The molecule has 0 aromatic carbocycles. The van der Waals surface area contributed by atoms with Gasteiger partial charge in [-0.15, -0.1) is 0 Å². The molecule has 0 amide bonds. The molecule has 0 heterocycles. The third kappa shape index (κ3) is 53.4. The van der Waals surface area contributed by atoms with E-state index < -0.39 is 6.10 Å². The Hall–Kier alpha value is -3.41. The second-order valence-corrected chi connectivity index (χ2v) is 18.4. The number of hydrogen-bond acceptors (Lipinski definition) is 6. The predicted octanol–water partition coefficient (Wildman–Crippen LogP) is 18.8. The molecule has 0 saturated carbocycles. The van der Waals surface area contributed by atoms with Gasteiger partial charge in [0, 0.05) is 19.3 Å². The summed E-state index contributed by atoms with van der Waals surface area (Å²) < 4.78 is 16.8. The van der Waals surface area contributed by atoms with Crippen molar-refractivity contribution in [1.29, 1.82) is 0 Å². The van der Waals surface area contributed by atoms with Crippen molar-refractivity contribution in [2.75, 3.05) is 13.2 Å². The second-order valence-electron chi connectivity index (χ2n) is 18.4. The highest BCUT2D eigenvalue weighted by Gasteiger charge is 2.19. The molecule has 1 unspecified atom stereocenters. The molecule has 0 fully saturated rings. The van der Waals surface area contributed by atoms with Crippen LogP contribution in [0.2, 0.25) is 0 Å². The minimum absolute atomic E-state index is 0.0866. The number of carbonyl (C=O) groups is 3. The van der Waals surface area contributed by atoms with Crippen LogP contribution in [-0.4, -0.2) is 37.2 Å². The van der Waals surface area contributed by atoms with E-state index >= 15 is 0 Å².